The fourth-order valence-electron chi connectivity index (χ4n) is 2.43. The van der Waals surface area contributed by atoms with E-state index in [4.69, 9.17) is 4.42 Å². The predicted molar refractivity (Wildman–Crippen MR) is 78.1 cm³/mol. The van der Waals surface area contributed by atoms with E-state index in [0.717, 1.165) is 18.6 Å². The minimum Gasteiger partial charge on any atom is -0.444 e. The second kappa shape index (κ2) is 6.15. The fourth-order valence-corrected chi connectivity index (χ4v) is 3.86. The molecule has 18 heavy (non-hydrogen) atoms. The van der Waals surface area contributed by atoms with Gasteiger partial charge in [-0.2, -0.15) is 11.8 Å². The molecule has 0 saturated heterocycles. The van der Waals surface area contributed by atoms with Crippen molar-refractivity contribution in [3.05, 3.63) is 22.6 Å². The molecule has 1 fully saturated rings. The van der Waals surface area contributed by atoms with Gasteiger partial charge in [-0.25, -0.2) is 0 Å². The molecule has 1 aromatic rings. The van der Waals surface area contributed by atoms with E-state index in [2.05, 4.69) is 22.9 Å². The number of carbonyl (C=O) groups excluding carboxylic acids is 1. The Bertz CT molecular complexity index is 421. The molecule has 3 nitrogen and oxygen atoms in total. The van der Waals surface area contributed by atoms with Gasteiger partial charge in [-0.3, -0.25) is 4.79 Å². The van der Waals surface area contributed by atoms with Gasteiger partial charge in [0.25, 0.3) is 5.91 Å². The molecule has 1 aliphatic rings. The van der Waals surface area contributed by atoms with Crippen LogP contribution < -0.4 is 0 Å². The number of amides is 1. The lowest BCUT2D eigenvalue weighted by Crippen LogP contribution is -2.35. The maximum Gasteiger partial charge on any atom is 0.289 e. The van der Waals surface area contributed by atoms with E-state index in [9.17, 15) is 4.79 Å². The van der Waals surface area contributed by atoms with Gasteiger partial charge in [0.15, 0.2) is 10.4 Å². The highest BCUT2D eigenvalue weighted by atomic mass is 79.9. The van der Waals surface area contributed by atoms with Gasteiger partial charge in [0, 0.05) is 18.3 Å². The Labute approximate surface area is 120 Å². The maximum absolute atomic E-state index is 12.2. The second-order valence-corrected chi connectivity index (χ2v) is 6.92. The molecule has 1 heterocycles. The van der Waals surface area contributed by atoms with Gasteiger partial charge in [0.2, 0.25) is 0 Å². The van der Waals surface area contributed by atoms with Gasteiger partial charge in [-0.1, -0.05) is 6.92 Å². The lowest BCUT2D eigenvalue weighted by molar-refractivity contribution is 0.0702. The lowest BCUT2D eigenvalue weighted by atomic mass is 10.2. The summed E-state index contributed by atoms with van der Waals surface area (Å²) in [4.78, 5) is 14.0. The van der Waals surface area contributed by atoms with Crippen LogP contribution in [-0.2, 0) is 0 Å². The largest absolute Gasteiger partial charge is 0.444 e. The first-order chi connectivity index (χ1) is 8.61. The lowest BCUT2D eigenvalue weighted by Gasteiger charge is -2.23. The number of hydrogen-bond acceptors (Lipinski definition) is 3. The number of carbonyl (C=O) groups is 1. The summed E-state index contributed by atoms with van der Waals surface area (Å²) in [6.07, 6.45) is 3.41. The first kappa shape index (κ1) is 14.0. The molecular formula is C13H18BrNO2S. The quantitative estimate of drug-likeness (QED) is 0.841. The van der Waals surface area contributed by atoms with Gasteiger partial charge < -0.3 is 9.32 Å². The van der Waals surface area contributed by atoms with E-state index in [0.29, 0.717) is 21.7 Å². The highest BCUT2D eigenvalue weighted by molar-refractivity contribution is 9.10. The third-order valence-electron chi connectivity index (χ3n) is 3.41. The molecule has 2 rings (SSSR count). The van der Waals surface area contributed by atoms with Crippen molar-refractivity contribution in [2.45, 2.75) is 37.5 Å². The molecule has 1 saturated carbocycles. The number of halogens is 1. The number of nitrogens with zero attached hydrogens (tertiary/aromatic N) is 1. The summed E-state index contributed by atoms with van der Waals surface area (Å²) in [5.41, 5.74) is 0. The van der Waals surface area contributed by atoms with Gasteiger partial charge in [-0.15, -0.1) is 0 Å². The van der Waals surface area contributed by atoms with Crippen molar-refractivity contribution in [3.8, 4) is 0 Å². The summed E-state index contributed by atoms with van der Waals surface area (Å²) < 4.78 is 5.92. The van der Waals surface area contributed by atoms with Crippen LogP contribution in [0.4, 0.5) is 0 Å². The summed E-state index contributed by atoms with van der Waals surface area (Å²) in [5.74, 6) is 1.55. The van der Waals surface area contributed by atoms with Crippen molar-refractivity contribution in [1.82, 2.24) is 4.90 Å². The predicted octanol–water partition coefficient (Wildman–Crippen LogP) is 3.79. The van der Waals surface area contributed by atoms with Gasteiger partial charge in [0.1, 0.15) is 0 Å². The summed E-state index contributed by atoms with van der Waals surface area (Å²) in [6, 6.07) is 3.83. The zero-order chi connectivity index (χ0) is 13.1. The van der Waals surface area contributed by atoms with Crippen LogP contribution in [0.3, 0.4) is 0 Å². The molecule has 0 radical (unpaired) electrons. The highest BCUT2D eigenvalue weighted by Crippen LogP contribution is 2.32. The molecule has 5 heteroatoms. The Balaban J connectivity index is 1.95. The molecule has 0 N–H and O–H groups in total. The first-order valence-electron chi connectivity index (χ1n) is 6.26. The smallest absolute Gasteiger partial charge is 0.289 e. The summed E-state index contributed by atoms with van der Waals surface area (Å²) in [7, 11) is 1.88. The van der Waals surface area contributed by atoms with Crippen molar-refractivity contribution in [1.29, 1.82) is 0 Å². The van der Waals surface area contributed by atoms with Crippen molar-refractivity contribution < 1.29 is 9.21 Å². The summed E-state index contributed by atoms with van der Waals surface area (Å²) >= 11 is 5.23. The average Bonchev–Trinajstić information content (AvgIpc) is 2.97. The SMILES string of the molecule is CCS[C@H]1CC[C@@H](N(C)C(=O)c2ccc(Br)o2)C1. The van der Waals surface area contributed by atoms with Crippen LogP contribution in [0.1, 0.15) is 36.7 Å². The minimum absolute atomic E-state index is 0.0205. The van der Waals surface area contributed by atoms with Gasteiger partial charge in [-0.05, 0) is 53.1 Å². The zero-order valence-electron chi connectivity index (χ0n) is 10.7. The molecule has 0 aromatic carbocycles. The Kier molecular flexibility index (Phi) is 4.78. The van der Waals surface area contributed by atoms with Crippen LogP contribution >= 0.6 is 27.7 Å². The highest BCUT2D eigenvalue weighted by Gasteiger charge is 2.31. The molecule has 100 valence electrons. The minimum atomic E-state index is -0.0205. The Morgan fingerprint density at radius 2 is 2.33 bits per heavy atom. The molecule has 0 bridgehead atoms. The molecule has 0 aliphatic heterocycles. The summed E-state index contributed by atoms with van der Waals surface area (Å²) in [6.45, 7) is 2.19. The van der Waals surface area contributed by atoms with Crippen molar-refractivity contribution in [2.24, 2.45) is 0 Å². The van der Waals surface area contributed by atoms with Crippen LogP contribution in [0.15, 0.2) is 21.2 Å². The van der Waals surface area contributed by atoms with E-state index >= 15 is 0 Å². The van der Waals surface area contributed by atoms with Crippen LogP contribution in [-0.4, -0.2) is 34.9 Å². The molecule has 2 atom stereocenters. The number of thioether (sulfide) groups is 1. The third-order valence-corrected chi connectivity index (χ3v) is 5.07. The molecule has 0 spiro atoms. The Morgan fingerprint density at radius 1 is 1.56 bits per heavy atom. The number of rotatable bonds is 4. The molecular weight excluding hydrogens is 314 g/mol. The normalized spacial score (nSPS) is 23.3. The summed E-state index contributed by atoms with van der Waals surface area (Å²) in [5, 5.41) is 0.707. The average molecular weight is 332 g/mol. The zero-order valence-corrected chi connectivity index (χ0v) is 13.1. The number of furan rings is 1. The number of hydrogen-bond donors (Lipinski definition) is 0. The molecule has 0 unspecified atom stereocenters. The molecule has 1 amide bonds. The van der Waals surface area contributed by atoms with Crippen LogP contribution in [0.2, 0.25) is 0 Å². The van der Waals surface area contributed by atoms with E-state index in [1.165, 1.54) is 6.42 Å². The Morgan fingerprint density at radius 3 is 2.94 bits per heavy atom. The van der Waals surface area contributed by atoms with E-state index < -0.39 is 0 Å². The van der Waals surface area contributed by atoms with E-state index in [1.807, 2.05) is 23.7 Å². The molecule has 1 aromatic heterocycles. The Hall–Kier alpha value is -0.420. The van der Waals surface area contributed by atoms with Crippen molar-refractivity contribution >= 4 is 33.6 Å². The van der Waals surface area contributed by atoms with Gasteiger partial charge >= 0.3 is 0 Å². The monoisotopic (exact) mass is 331 g/mol. The van der Waals surface area contributed by atoms with Gasteiger partial charge in [0.05, 0.1) is 0 Å². The van der Waals surface area contributed by atoms with Crippen molar-refractivity contribution in [3.63, 3.8) is 0 Å². The van der Waals surface area contributed by atoms with E-state index in [-0.39, 0.29) is 5.91 Å². The third kappa shape index (κ3) is 3.12. The standard InChI is InChI=1S/C13H18BrNO2S/c1-3-18-10-5-4-9(8-10)15(2)13(16)11-6-7-12(14)17-11/h6-7,9-10H,3-5,8H2,1-2H3/t9-,10+/m1/s1. The maximum atomic E-state index is 12.2. The van der Waals surface area contributed by atoms with E-state index in [1.54, 1.807) is 12.1 Å². The van der Waals surface area contributed by atoms with Crippen LogP contribution in [0.5, 0.6) is 0 Å². The van der Waals surface area contributed by atoms with Crippen molar-refractivity contribution in [2.75, 3.05) is 12.8 Å². The van der Waals surface area contributed by atoms with Crippen LogP contribution in [0, 0.1) is 0 Å². The topological polar surface area (TPSA) is 33.5 Å². The second-order valence-electron chi connectivity index (χ2n) is 4.56. The fraction of sp³-hybridized carbons (Fsp3) is 0.615. The first-order valence-corrected chi connectivity index (χ1v) is 8.10. The van der Waals surface area contributed by atoms with Crippen LogP contribution in [0.25, 0.3) is 0 Å². The molecule has 1 aliphatic carbocycles.